The van der Waals surface area contributed by atoms with Gasteiger partial charge in [0, 0.05) is 6.54 Å². The largest absolute Gasteiger partial charge is 0.281 e. The molecule has 126 valence electrons. The second-order valence-corrected chi connectivity index (χ2v) is 7.53. The number of hydrogen-bond acceptors (Lipinski definition) is 3. The second-order valence-electron chi connectivity index (χ2n) is 5.83. The number of nitrogens with zero attached hydrogens (tertiary/aromatic N) is 1. The van der Waals surface area contributed by atoms with Crippen LogP contribution < -0.4 is 4.72 Å². The number of aromatic nitrogens is 2. The summed E-state index contributed by atoms with van der Waals surface area (Å²) in [6, 6.07) is 8.41. The van der Waals surface area contributed by atoms with Crippen LogP contribution in [-0.4, -0.2) is 25.2 Å². The number of nitrogens with one attached hydrogen (secondary N) is 2. The van der Waals surface area contributed by atoms with Crippen molar-refractivity contribution >= 4 is 10.0 Å². The van der Waals surface area contributed by atoms with Crippen LogP contribution in [0.25, 0.3) is 0 Å². The van der Waals surface area contributed by atoms with Crippen LogP contribution in [0.5, 0.6) is 0 Å². The molecule has 0 saturated carbocycles. The van der Waals surface area contributed by atoms with Gasteiger partial charge in [0.15, 0.2) is 0 Å². The molecule has 2 aromatic rings. The van der Waals surface area contributed by atoms with Gasteiger partial charge in [0.2, 0.25) is 10.0 Å². The first kappa shape index (κ1) is 17.7. The first-order valence-corrected chi connectivity index (χ1v) is 9.51. The summed E-state index contributed by atoms with van der Waals surface area (Å²) in [6.45, 7) is 5.96. The molecule has 0 amide bonds. The van der Waals surface area contributed by atoms with Gasteiger partial charge in [-0.2, -0.15) is 5.10 Å². The Morgan fingerprint density at radius 2 is 1.70 bits per heavy atom. The zero-order chi connectivity index (χ0) is 16.9. The summed E-state index contributed by atoms with van der Waals surface area (Å²) < 4.78 is 27.3. The molecular formula is C17H25N3O2S. The van der Waals surface area contributed by atoms with E-state index in [1.165, 1.54) is 18.4 Å². The number of unbranched alkanes of at least 4 members (excludes halogenated alkanes) is 1. The average Bonchev–Trinajstić information content (AvgIpc) is 2.86. The van der Waals surface area contributed by atoms with Gasteiger partial charge in [0.1, 0.15) is 4.90 Å². The second kappa shape index (κ2) is 7.75. The predicted octanol–water partition coefficient (Wildman–Crippen LogP) is 2.89. The zero-order valence-electron chi connectivity index (χ0n) is 14.0. The Hall–Kier alpha value is -1.66. The fraction of sp³-hybridized carbons (Fsp3) is 0.471. The fourth-order valence-corrected chi connectivity index (χ4v) is 3.99. The van der Waals surface area contributed by atoms with Crippen LogP contribution >= 0.6 is 0 Å². The topological polar surface area (TPSA) is 74.8 Å². The highest BCUT2D eigenvalue weighted by Gasteiger charge is 2.21. The minimum absolute atomic E-state index is 0.257. The number of aryl methyl sites for hydroxylation is 3. The number of hydrogen-bond donors (Lipinski definition) is 2. The maximum Gasteiger partial charge on any atom is 0.244 e. The summed E-state index contributed by atoms with van der Waals surface area (Å²) in [5.41, 5.74) is 3.53. The molecule has 6 heteroatoms. The molecule has 23 heavy (non-hydrogen) atoms. The van der Waals surface area contributed by atoms with E-state index in [-0.39, 0.29) is 4.90 Å². The van der Waals surface area contributed by atoms with E-state index in [1.807, 2.05) is 0 Å². The van der Waals surface area contributed by atoms with Gasteiger partial charge in [-0.1, -0.05) is 37.6 Å². The van der Waals surface area contributed by atoms with Crippen molar-refractivity contribution in [3.05, 3.63) is 46.8 Å². The van der Waals surface area contributed by atoms with Gasteiger partial charge < -0.3 is 0 Å². The van der Waals surface area contributed by atoms with Crippen molar-refractivity contribution in [2.75, 3.05) is 6.54 Å². The third kappa shape index (κ3) is 4.65. The molecule has 5 nitrogen and oxygen atoms in total. The lowest BCUT2D eigenvalue weighted by atomic mass is 10.1. The van der Waals surface area contributed by atoms with Crippen LogP contribution in [0.1, 0.15) is 42.3 Å². The van der Waals surface area contributed by atoms with Crippen molar-refractivity contribution < 1.29 is 8.42 Å². The number of benzene rings is 1. The summed E-state index contributed by atoms with van der Waals surface area (Å²) in [7, 11) is -3.51. The first-order chi connectivity index (χ1) is 10.9. The number of rotatable bonds is 8. The van der Waals surface area contributed by atoms with Crippen LogP contribution in [0.15, 0.2) is 29.2 Å². The number of sulfonamides is 1. The van der Waals surface area contributed by atoms with Gasteiger partial charge in [0.05, 0.1) is 11.4 Å². The van der Waals surface area contributed by atoms with Gasteiger partial charge in [-0.25, -0.2) is 13.1 Å². The molecule has 0 aliphatic rings. The maximum atomic E-state index is 12.3. The molecule has 0 bridgehead atoms. The molecule has 0 aliphatic heterocycles. The third-order valence-electron chi connectivity index (χ3n) is 3.88. The molecule has 1 aromatic carbocycles. The van der Waals surface area contributed by atoms with Gasteiger partial charge in [0.25, 0.3) is 0 Å². The Labute approximate surface area is 138 Å². The van der Waals surface area contributed by atoms with Crippen molar-refractivity contribution in [1.82, 2.24) is 14.9 Å². The van der Waals surface area contributed by atoms with E-state index in [2.05, 4.69) is 46.1 Å². The summed E-state index contributed by atoms with van der Waals surface area (Å²) in [6.07, 6.45) is 4.16. The van der Waals surface area contributed by atoms with Crippen LogP contribution in [0.3, 0.4) is 0 Å². The smallest absolute Gasteiger partial charge is 0.244 e. The quantitative estimate of drug-likeness (QED) is 0.779. The van der Waals surface area contributed by atoms with Crippen molar-refractivity contribution in [2.24, 2.45) is 0 Å². The zero-order valence-corrected chi connectivity index (χ0v) is 14.8. The SMILES string of the molecule is CCCCc1ccc(CCNS(=O)(=O)c2c(C)n[nH]c2C)cc1. The van der Waals surface area contributed by atoms with Crippen LogP contribution in [-0.2, 0) is 22.9 Å². The summed E-state index contributed by atoms with van der Waals surface area (Å²) in [5.74, 6) is 0. The molecule has 0 atom stereocenters. The Balaban J connectivity index is 1.92. The molecule has 0 spiro atoms. The Morgan fingerprint density at radius 1 is 1.09 bits per heavy atom. The minimum Gasteiger partial charge on any atom is -0.281 e. The molecule has 0 saturated heterocycles. The molecule has 1 aromatic heterocycles. The number of aromatic amines is 1. The standard InChI is InChI=1S/C17H25N3O2S/c1-4-5-6-15-7-9-16(10-8-15)11-12-18-23(21,22)17-13(2)19-20-14(17)3/h7-10,18H,4-6,11-12H2,1-3H3,(H,19,20). The van der Waals surface area contributed by atoms with E-state index < -0.39 is 10.0 Å². The highest BCUT2D eigenvalue weighted by Crippen LogP contribution is 2.16. The molecule has 2 N–H and O–H groups in total. The lowest BCUT2D eigenvalue weighted by molar-refractivity contribution is 0.580. The third-order valence-corrected chi connectivity index (χ3v) is 5.60. The van der Waals surface area contributed by atoms with Crippen LogP contribution in [0.4, 0.5) is 0 Å². The van der Waals surface area contributed by atoms with Crippen molar-refractivity contribution in [2.45, 2.75) is 51.3 Å². The van der Waals surface area contributed by atoms with E-state index in [9.17, 15) is 8.42 Å². The first-order valence-electron chi connectivity index (χ1n) is 8.03. The molecule has 1 heterocycles. The number of H-pyrrole nitrogens is 1. The Kier molecular flexibility index (Phi) is 5.96. The van der Waals surface area contributed by atoms with E-state index in [4.69, 9.17) is 0 Å². The maximum absolute atomic E-state index is 12.3. The highest BCUT2D eigenvalue weighted by atomic mass is 32.2. The predicted molar refractivity (Wildman–Crippen MR) is 92.0 cm³/mol. The normalized spacial score (nSPS) is 11.8. The molecule has 0 unspecified atom stereocenters. The molecule has 0 fully saturated rings. The van der Waals surface area contributed by atoms with E-state index in [0.717, 1.165) is 12.0 Å². The van der Waals surface area contributed by atoms with Crippen LogP contribution in [0.2, 0.25) is 0 Å². The van der Waals surface area contributed by atoms with Crippen molar-refractivity contribution in [3.8, 4) is 0 Å². The van der Waals surface area contributed by atoms with Gasteiger partial charge in [-0.05, 0) is 44.2 Å². The molecule has 2 rings (SSSR count). The van der Waals surface area contributed by atoms with Crippen molar-refractivity contribution in [3.63, 3.8) is 0 Å². The Bertz CT molecular complexity index is 714. The molecule has 0 radical (unpaired) electrons. The summed E-state index contributed by atoms with van der Waals surface area (Å²) >= 11 is 0. The van der Waals surface area contributed by atoms with E-state index in [1.54, 1.807) is 13.8 Å². The molecular weight excluding hydrogens is 310 g/mol. The lowest BCUT2D eigenvalue weighted by Gasteiger charge is -2.08. The van der Waals surface area contributed by atoms with E-state index in [0.29, 0.717) is 24.4 Å². The van der Waals surface area contributed by atoms with Gasteiger partial charge in [-0.3, -0.25) is 5.10 Å². The highest BCUT2D eigenvalue weighted by molar-refractivity contribution is 7.89. The fourth-order valence-electron chi connectivity index (χ4n) is 2.59. The monoisotopic (exact) mass is 335 g/mol. The minimum atomic E-state index is -3.51. The van der Waals surface area contributed by atoms with Gasteiger partial charge in [-0.15, -0.1) is 0 Å². The summed E-state index contributed by atoms with van der Waals surface area (Å²) in [5, 5.41) is 6.64. The van der Waals surface area contributed by atoms with E-state index >= 15 is 0 Å². The van der Waals surface area contributed by atoms with Gasteiger partial charge >= 0.3 is 0 Å². The average molecular weight is 335 g/mol. The molecule has 0 aliphatic carbocycles. The van der Waals surface area contributed by atoms with Crippen LogP contribution in [0, 0.1) is 13.8 Å². The lowest BCUT2D eigenvalue weighted by Crippen LogP contribution is -2.26. The summed E-state index contributed by atoms with van der Waals surface area (Å²) in [4.78, 5) is 0.257. The van der Waals surface area contributed by atoms with Crippen molar-refractivity contribution in [1.29, 1.82) is 0 Å². The Morgan fingerprint density at radius 3 is 2.22 bits per heavy atom.